The molecule has 1 atom stereocenters. The number of hydrogen-bond donors (Lipinski definition) is 0. The van der Waals surface area contributed by atoms with E-state index < -0.39 is 29.1 Å². The van der Waals surface area contributed by atoms with Gasteiger partial charge in [0.25, 0.3) is 0 Å². The molecule has 0 heterocycles. The van der Waals surface area contributed by atoms with Gasteiger partial charge in [0, 0.05) is 5.56 Å². The van der Waals surface area contributed by atoms with Crippen molar-refractivity contribution in [2.45, 2.75) is 45.6 Å². The van der Waals surface area contributed by atoms with E-state index in [-0.39, 0.29) is 36.2 Å². The Balaban J connectivity index is 1.44. The van der Waals surface area contributed by atoms with Gasteiger partial charge in [0.05, 0.1) is 6.61 Å². The van der Waals surface area contributed by atoms with Crippen LogP contribution in [0.4, 0.5) is 22.0 Å². The van der Waals surface area contributed by atoms with Crippen LogP contribution < -0.4 is 9.47 Å². The molecule has 1 aliphatic rings. The molecule has 4 rings (SSSR count). The molecule has 0 fully saturated rings. The number of allylic oxidation sites excluding steroid dienone is 2. The van der Waals surface area contributed by atoms with E-state index in [1.54, 1.807) is 31.2 Å². The lowest BCUT2D eigenvalue weighted by atomic mass is 9.82. The molecule has 1 aliphatic carbocycles. The zero-order chi connectivity index (χ0) is 25.1. The highest BCUT2D eigenvalue weighted by molar-refractivity contribution is 5.67. The Bertz CT molecular complexity index is 1270. The van der Waals surface area contributed by atoms with Crippen LogP contribution in [0.25, 0.3) is 5.57 Å². The molecule has 0 bridgehead atoms. The molecule has 0 saturated heterocycles. The fourth-order valence-electron chi connectivity index (χ4n) is 4.30. The van der Waals surface area contributed by atoms with Gasteiger partial charge in [-0.1, -0.05) is 30.3 Å². The normalized spacial score (nSPS) is 15.6. The second-order valence-electron chi connectivity index (χ2n) is 8.53. The van der Waals surface area contributed by atoms with Gasteiger partial charge >= 0.3 is 0 Å². The average Bonchev–Trinajstić information content (AvgIpc) is 2.85. The first-order chi connectivity index (χ1) is 16.8. The highest BCUT2D eigenvalue weighted by atomic mass is 19.2. The topological polar surface area (TPSA) is 18.5 Å². The van der Waals surface area contributed by atoms with Crippen LogP contribution in [0.15, 0.2) is 48.5 Å². The summed E-state index contributed by atoms with van der Waals surface area (Å²) in [4.78, 5) is 0. The number of hydrogen-bond acceptors (Lipinski definition) is 2. The van der Waals surface area contributed by atoms with Crippen molar-refractivity contribution >= 4 is 5.57 Å². The Morgan fingerprint density at radius 1 is 0.829 bits per heavy atom. The fraction of sp³-hybridized carbons (Fsp3) is 0.286. The maximum Gasteiger partial charge on any atom is 0.204 e. The lowest BCUT2D eigenvalue weighted by Crippen LogP contribution is -2.09. The largest absolute Gasteiger partial charge is 0.491 e. The summed E-state index contributed by atoms with van der Waals surface area (Å²) in [5.74, 6) is -5.08. The average molecular weight is 488 g/mol. The molecule has 3 aromatic rings. The Morgan fingerprint density at radius 2 is 1.54 bits per heavy atom. The van der Waals surface area contributed by atoms with Crippen molar-refractivity contribution in [3.8, 4) is 11.5 Å². The summed E-state index contributed by atoms with van der Waals surface area (Å²) >= 11 is 0. The Kier molecular flexibility index (Phi) is 7.43. The minimum absolute atomic E-state index is 0.152. The number of ether oxygens (including phenoxy) is 2. The molecule has 0 N–H and O–H groups in total. The first-order valence-corrected chi connectivity index (χ1v) is 11.5. The Labute approximate surface area is 201 Å². The van der Waals surface area contributed by atoms with Gasteiger partial charge in [-0.15, -0.1) is 0 Å². The molecular weight excluding hydrogens is 463 g/mol. The summed E-state index contributed by atoms with van der Waals surface area (Å²) in [5, 5.41) is 0. The molecule has 184 valence electrons. The van der Waals surface area contributed by atoms with E-state index in [2.05, 4.69) is 0 Å². The van der Waals surface area contributed by atoms with Gasteiger partial charge in [-0.25, -0.2) is 13.2 Å². The van der Waals surface area contributed by atoms with E-state index in [1.165, 1.54) is 25.1 Å². The monoisotopic (exact) mass is 488 g/mol. The van der Waals surface area contributed by atoms with Crippen LogP contribution in [-0.4, -0.2) is 6.61 Å². The van der Waals surface area contributed by atoms with Gasteiger partial charge in [-0.2, -0.15) is 8.78 Å². The van der Waals surface area contributed by atoms with Gasteiger partial charge < -0.3 is 9.47 Å². The highest BCUT2D eigenvalue weighted by Crippen LogP contribution is 2.38. The number of benzene rings is 3. The second-order valence-corrected chi connectivity index (χ2v) is 8.53. The van der Waals surface area contributed by atoms with Crippen molar-refractivity contribution in [2.24, 2.45) is 0 Å². The van der Waals surface area contributed by atoms with Gasteiger partial charge in [0.2, 0.25) is 11.6 Å². The molecule has 7 heteroatoms. The summed E-state index contributed by atoms with van der Waals surface area (Å²) in [6.45, 7) is 3.22. The van der Waals surface area contributed by atoms with E-state index in [0.717, 1.165) is 5.57 Å². The van der Waals surface area contributed by atoms with Crippen molar-refractivity contribution in [3.63, 3.8) is 0 Å². The van der Waals surface area contributed by atoms with Crippen LogP contribution in [0.3, 0.4) is 0 Å². The second kappa shape index (κ2) is 10.5. The zero-order valence-electron chi connectivity index (χ0n) is 19.4. The molecule has 0 radical (unpaired) electrons. The highest BCUT2D eigenvalue weighted by Gasteiger charge is 2.23. The Hall–Kier alpha value is -3.35. The lowest BCUT2D eigenvalue weighted by Gasteiger charge is -2.23. The summed E-state index contributed by atoms with van der Waals surface area (Å²) in [6, 6.07) is 10.3. The van der Waals surface area contributed by atoms with Crippen molar-refractivity contribution in [1.82, 2.24) is 0 Å². The van der Waals surface area contributed by atoms with Crippen molar-refractivity contribution < 1.29 is 31.4 Å². The summed E-state index contributed by atoms with van der Waals surface area (Å²) in [7, 11) is 0. The first-order valence-electron chi connectivity index (χ1n) is 11.5. The molecule has 0 amide bonds. The molecule has 0 saturated carbocycles. The van der Waals surface area contributed by atoms with Crippen LogP contribution in [0.1, 0.15) is 54.4 Å². The third kappa shape index (κ3) is 5.19. The van der Waals surface area contributed by atoms with Crippen molar-refractivity contribution in [2.75, 3.05) is 6.61 Å². The minimum Gasteiger partial charge on any atom is -0.491 e. The van der Waals surface area contributed by atoms with Gasteiger partial charge in [0.15, 0.2) is 23.1 Å². The van der Waals surface area contributed by atoms with E-state index in [0.29, 0.717) is 36.0 Å². The third-order valence-electron chi connectivity index (χ3n) is 6.24. The lowest BCUT2D eigenvalue weighted by molar-refractivity contribution is 0.274. The van der Waals surface area contributed by atoms with E-state index >= 15 is 0 Å². The quantitative estimate of drug-likeness (QED) is 0.314. The molecule has 2 nitrogen and oxygen atoms in total. The molecule has 35 heavy (non-hydrogen) atoms. The predicted octanol–water partition coefficient (Wildman–Crippen LogP) is 8.02. The molecular formula is C28H25F5O2. The van der Waals surface area contributed by atoms with E-state index in [1.807, 2.05) is 6.08 Å². The molecule has 0 spiro atoms. The fourth-order valence-corrected chi connectivity index (χ4v) is 4.30. The SMILES string of the molecule is CCOc1ccc(OCc2ccc(C3=CCC(c4ccc(C)c(F)c4F)CC3)c(F)c2)c(F)c1F. The number of rotatable bonds is 7. The third-order valence-corrected chi connectivity index (χ3v) is 6.24. The summed E-state index contributed by atoms with van der Waals surface area (Å²) in [5.41, 5.74) is 2.26. The van der Waals surface area contributed by atoms with Crippen LogP contribution in [0, 0.1) is 36.0 Å². The smallest absolute Gasteiger partial charge is 0.204 e. The molecule has 0 aromatic heterocycles. The molecule has 0 aliphatic heterocycles. The van der Waals surface area contributed by atoms with E-state index in [9.17, 15) is 22.0 Å². The molecule has 1 unspecified atom stereocenters. The maximum atomic E-state index is 14.9. The first kappa shape index (κ1) is 24.8. The van der Waals surface area contributed by atoms with Crippen LogP contribution >= 0.6 is 0 Å². The predicted molar refractivity (Wildman–Crippen MR) is 124 cm³/mol. The summed E-state index contributed by atoms with van der Waals surface area (Å²) < 4.78 is 81.7. The van der Waals surface area contributed by atoms with Crippen molar-refractivity contribution in [1.29, 1.82) is 0 Å². The zero-order valence-corrected chi connectivity index (χ0v) is 19.4. The number of aryl methyl sites for hydroxylation is 1. The van der Waals surface area contributed by atoms with Crippen molar-refractivity contribution in [3.05, 3.63) is 99.9 Å². The Morgan fingerprint density at radius 3 is 2.17 bits per heavy atom. The summed E-state index contributed by atoms with van der Waals surface area (Å²) in [6.07, 6.45) is 3.42. The van der Waals surface area contributed by atoms with Crippen LogP contribution in [0.5, 0.6) is 11.5 Å². The van der Waals surface area contributed by atoms with E-state index in [4.69, 9.17) is 9.47 Å². The van der Waals surface area contributed by atoms with Gasteiger partial charge in [-0.05, 0) is 79.5 Å². The van der Waals surface area contributed by atoms with Gasteiger partial charge in [0.1, 0.15) is 12.4 Å². The number of halogens is 5. The minimum atomic E-state index is -1.17. The van der Waals surface area contributed by atoms with Crippen LogP contribution in [0.2, 0.25) is 0 Å². The standard InChI is InChI=1S/C28H25F5O2/c1-3-34-23-12-13-24(28(33)27(23)32)35-15-17-5-11-20(22(29)14-17)18-6-8-19(9-7-18)21-10-4-16(2)25(30)26(21)31/h4-6,10-14,19H,3,7-9,15H2,1-2H3. The van der Waals surface area contributed by atoms with Gasteiger partial charge in [-0.3, -0.25) is 0 Å². The molecule has 3 aromatic carbocycles. The maximum absolute atomic E-state index is 14.9. The van der Waals surface area contributed by atoms with Crippen LogP contribution in [-0.2, 0) is 6.61 Å².